The van der Waals surface area contributed by atoms with Crippen LogP contribution in [0.1, 0.15) is 16.1 Å². The lowest BCUT2D eigenvalue weighted by molar-refractivity contribution is 0.0740. The van der Waals surface area contributed by atoms with Crippen LogP contribution in [-0.2, 0) is 6.42 Å². The summed E-state index contributed by atoms with van der Waals surface area (Å²) in [5.41, 5.74) is 4.22. The van der Waals surface area contributed by atoms with Crippen molar-refractivity contribution in [1.82, 2.24) is 29.7 Å². The van der Waals surface area contributed by atoms with Crippen molar-refractivity contribution in [2.45, 2.75) is 6.42 Å². The molecule has 0 aliphatic carbocycles. The second-order valence-electron chi connectivity index (χ2n) is 8.61. The van der Waals surface area contributed by atoms with Crippen LogP contribution in [0.2, 0.25) is 0 Å². The lowest BCUT2D eigenvalue weighted by Crippen LogP contribution is -2.37. The molecule has 1 atom stereocenters. The Bertz CT molecular complexity index is 1260. The molecule has 0 radical (unpaired) electrons. The van der Waals surface area contributed by atoms with Gasteiger partial charge in [-0.05, 0) is 43.1 Å². The third-order valence-corrected chi connectivity index (χ3v) is 6.14. The fourth-order valence-corrected chi connectivity index (χ4v) is 4.55. The third kappa shape index (κ3) is 4.73. The molecule has 1 aliphatic heterocycles. The quantitative estimate of drug-likeness (QED) is 0.487. The highest BCUT2D eigenvalue weighted by Crippen LogP contribution is 2.22. The highest BCUT2D eigenvalue weighted by molar-refractivity contribution is 5.93. The van der Waals surface area contributed by atoms with E-state index in [0.29, 0.717) is 30.4 Å². The van der Waals surface area contributed by atoms with E-state index in [4.69, 9.17) is 0 Å². The van der Waals surface area contributed by atoms with Crippen molar-refractivity contribution < 1.29 is 4.79 Å². The smallest absolute Gasteiger partial charge is 0.272 e. The largest absolute Gasteiger partial charge is 0.336 e. The van der Waals surface area contributed by atoms with E-state index >= 15 is 0 Å². The van der Waals surface area contributed by atoms with Crippen LogP contribution in [0.3, 0.4) is 0 Å². The van der Waals surface area contributed by atoms with Crippen molar-refractivity contribution in [3.05, 3.63) is 84.7 Å². The van der Waals surface area contributed by atoms with Gasteiger partial charge in [-0.1, -0.05) is 30.3 Å². The van der Waals surface area contributed by atoms with Crippen molar-refractivity contribution in [1.29, 1.82) is 0 Å². The Kier molecular flexibility index (Phi) is 6.04. The Hall–Kier alpha value is -3.71. The summed E-state index contributed by atoms with van der Waals surface area (Å²) in [7, 11) is 2.12. The Morgan fingerprint density at radius 2 is 1.82 bits per heavy atom. The molecule has 3 aromatic heterocycles. The molecule has 1 saturated heterocycles. The summed E-state index contributed by atoms with van der Waals surface area (Å²) in [4.78, 5) is 35.1. The molecular weight excluding hydrogens is 412 g/mol. The normalized spacial score (nSPS) is 17.1. The van der Waals surface area contributed by atoms with Crippen LogP contribution in [0.25, 0.3) is 22.2 Å². The van der Waals surface area contributed by atoms with E-state index in [1.165, 1.54) is 11.9 Å². The zero-order chi connectivity index (χ0) is 22.6. The molecule has 1 aliphatic rings. The minimum absolute atomic E-state index is 0.0370. The van der Waals surface area contributed by atoms with Crippen LogP contribution in [0.4, 0.5) is 0 Å². The standard InChI is InChI=1S/C26H26N6O/c1-31-11-12-32(26(33)24-9-3-8-23(30-24)22-14-27-18-28-15-22)17-19(16-31)13-21-6-2-5-20-7-4-10-29-25(20)21/h2-10,14-15,18-19H,11-13,16-17H2,1H3/t19-/m1/s1. The molecule has 7 nitrogen and oxygen atoms in total. The van der Waals surface area contributed by atoms with Crippen LogP contribution < -0.4 is 0 Å². The summed E-state index contributed by atoms with van der Waals surface area (Å²) < 4.78 is 0. The first kappa shape index (κ1) is 21.2. The van der Waals surface area contributed by atoms with Crippen molar-refractivity contribution in [2.24, 2.45) is 5.92 Å². The van der Waals surface area contributed by atoms with E-state index in [0.717, 1.165) is 36.0 Å². The van der Waals surface area contributed by atoms with Crippen molar-refractivity contribution >= 4 is 16.8 Å². The minimum Gasteiger partial charge on any atom is -0.336 e. The lowest BCUT2D eigenvalue weighted by Gasteiger charge is -2.24. The summed E-state index contributed by atoms with van der Waals surface area (Å²) >= 11 is 0. The number of carbonyl (C=O) groups is 1. The van der Waals surface area contributed by atoms with Gasteiger partial charge in [-0.25, -0.2) is 15.0 Å². The zero-order valence-corrected chi connectivity index (χ0v) is 18.6. The fraction of sp³-hybridized carbons (Fsp3) is 0.269. The second kappa shape index (κ2) is 9.42. The number of aromatic nitrogens is 4. The van der Waals surface area contributed by atoms with E-state index in [1.54, 1.807) is 18.5 Å². The third-order valence-electron chi connectivity index (χ3n) is 6.14. The minimum atomic E-state index is -0.0370. The fourth-order valence-electron chi connectivity index (χ4n) is 4.55. The number of carbonyl (C=O) groups excluding carboxylic acids is 1. The summed E-state index contributed by atoms with van der Waals surface area (Å²) in [5, 5.41) is 1.15. The van der Waals surface area contributed by atoms with Crippen molar-refractivity contribution in [3.8, 4) is 11.3 Å². The van der Waals surface area contributed by atoms with Gasteiger partial charge in [0.15, 0.2) is 0 Å². The molecule has 4 aromatic rings. The van der Waals surface area contributed by atoms with Gasteiger partial charge in [-0.2, -0.15) is 0 Å². The first-order chi connectivity index (χ1) is 16.2. The number of fused-ring (bicyclic) bond motifs is 1. The summed E-state index contributed by atoms with van der Waals surface area (Å²) in [6.07, 6.45) is 7.61. The molecule has 7 heteroatoms. The average Bonchev–Trinajstić information content (AvgIpc) is 3.05. The molecule has 5 rings (SSSR count). The summed E-state index contributed by atoms with van der Waals surface area (Å²) in [5.74, 6) is 0.268. The second-order valence-corrected chi connectivity index (χ2v) is 8.61. The first-order valence-electron chi connectivity index (χ1n) is 11.2. The Balaban J connectivity index is 1.38. The Morgan fingerprint density at radius 3 is 2.70 bits per heavy atom. The van der Waals surface area contributed by atoms with Crippen LogP contribution in [-0.4, -0.2) is 68.9 Å². The molecule has 166 valence electrons. The number of nitrogens with zero attached hydrogens (tertiary/aromatic N) is 6. The molecule has 0 N–H and O–H groups in total. The van der Waals surface area contributed by atoms with Gasteiger partial charge in [-0.15, -0.1) is 0 Å². The van der Waals surface area contributed by atoms with E-state index in [-0.39, 0.29) is 5.91 Å². The molecular formula is C26H26N6O. The maximum absolute atomic E-state index is 13.5. The molecule has 0 unspecified atom stereocenters. The van der Waals surface area contributed by atoms with E-state index in [2.05, 4.69) is 56.1 Å². The predicted molar refractivity (Wildman–Crippen MR) is 128 cm³/mol. The maximum atomic E-state index is 13.5. The number of benzene rings is 1. The van der Waals surface area contributed by atoms with Gasteiger partial charge in [0, 0.05) is 55.7 Å². The number of hydrogen-bond donors (Lipinski definition) is 0. The van der Waals surface area contributed by atoms with Gasteiger partial charge in [0.1, 0.15) is 12.0 Å². The van der Waals surface area contributed by atoms with Gasteiger partial charge in [-0.3, -0.25) is 9.78 Å². The van der Waals surface area contributed by atoms with Crippen LogP contribution in [0.15, 0.2) is 73.4 Å². The van der Waals surface area contributed by atoms with E-state index < -0.39 is 0 Å². The molecule has 1 amide bonds. The zero-order valence-electron chi connectivity index (χ0n) is 18.6. The van der Waals surface area contributed by atoms with Crippen molar-refractivity contribution in [2.75, 3.05) is 33.2 Å². The summed E-state index contributed by atoms with van der Waals surface area (Å²) in [6, 6.07) is 15.9. The molecule has 0 saturated carbocycles. The maximum Gasteiger partial charge on any atom is 0.272 e. The Morgan fingerprint density at radius 1 is 1.00 bits per heavy atom. The van der Waals surface area contributed by atoms with Gasteiger partial charge in [0.05, 0.1) is 11.2 Å². The molecule has 4 heterocycles. The average molecular weight is 439 g/mol. The highest BCUT2D eigenvalue weighted by Gasteiger charge is 2.26. The van der Waals surface area contributed by atoms with Gasteiger partial charge >= 0.3 is 0 Å². The number of para-hydroxylation sites is 1. The van der Waals surface area contributed by atoms with Gasteiger partial charge in [0.25, 0.3) is 5.91 Å². The molecule has 1 fully saturated rings. The number of pyridine rings is 2. The topological polar surface area (TPSA) is 75.1 Å². The van der Waals surface area contributed by atoms with Gasteiger partial charge in [0.2, 0.25) is 0 Å². The SMILES string of the molecule is CN1CCN(C(=O)c2cccc(-c3cncnc3)n2)C[C@H](Cc2cccc3cccnc23)C1. The molecule has 33 heavy (non-hydrogen) atoms. The lowest BCUT2D eigenvalue weighted by atomic mass is 9.96. The highest BCUT2D eigenvalue weighted by atomic mass is 16.2. The van der Waals surface area contributed by atoms with Crippen LogP contribution in [0.5, 0.6) is 0 Å². The molecule has 1 aromatic carbocycles. The molecule has 0 spiro atoms. The van der Waals surface area contributed by atoms with Crippen molar-refractivity contribution in [3.63, 3.8) is 0 Å². The first-order valence-corrected chi connectivity index (χ1v) is 11.2. The number of hydrogen-bond acceptors (Lipinski definition) is 6. The number of rotatable bonds is 4. The van der Waals surface area contributed by atoms with E-state index in [9.17, 15) is 4.79 Å². The predicted octanol–water partition coefficient (Wildman–Crippen LogP) is 3.33. The monoisotopic (exact) mass is 438 g/mol. The van der Waals surface area contributed by atoms with E-state index in [1.807, 2.05) is 29.3 Å². The van der Waals surface area contributed by atoms with Gasteiger partial charge < -0.3 is 9.80 Å². The number of likely N-dealkylation sites (N-methyl/N-ethyl adjacent to an activating group) is 1. The Labute approximate surface area is 193 Å². The van der Waals surface area contributed by atoms with Crippen LogP contribution in [0, 0.1) is 5.92 Å². The van der Waals surface area contributed by atoms with Crippen LogP contribution >= 0.6 is 0 Å². The molecule has 0 bridgehead atoms. The summed E-state index contributed by atoms with van der Waals surface area (Å²) in [6.45, 7) is 3.14. The number of amides is 1.